The first-order valence-electron chi connectivity index (χ1n) is 6.12. The van der Waals surface area contributed by atoms with Crippen LogP contribution >= 0.6 is 0 Å². The van der Waals surface area contributed by atoms with E-state index in [4.69, 9.17) is 9.52 Å². The predicted molar refractivity (Wildman–Crippen MR) is 67.6 cm³/mol. The number of aliphatic carboxylic acids is 1. The second-order valence-corrected chi connectivity index (χ2v) is 4.82. The summed E-state index contributed by atoms with van der Waals surface area (Å²) in [6.45, 7) is 0. The molecule has 19 heavy (non-hydrogen) atoms. The van der Waals surface area contributed by atoms with Crippen LogP contribution in [0.4, 0.5) is 0 Å². The SMILES string of the molecule is O=C1CC(C(=O)O)C(Cc2ccc3occc3c2)N1. The van der Waals surface area contributed by atoms with Crippen molar-refractivity contribution in [2.24, 2.45) is 5.92 Å². The number of carboxylic acid groups (broad SMARTS) is 1. The first-order valence-corrected chi connectivity index (χ1v) is 6.12. The lowest BCUT2D eigenvalue weighted by atomic mass is 9.94. The first kappa shape index (κ1) is 11.8. The van der Waals surface area contributed by atoms with Crippen molar-refractivity contribution in [2.45, 2.75) is 18.9 Å². The van der Waals surface area contributed by atoms with Gasteiger partial charge in [0.2, 0.25) is 5.91 Å². The van der Waals surface area contributed by atoms with E-state index in [1.165, 1.54) is 0 Å². The molecule has 0 saturated carbocycles. The quantitative estimate of drug-likeness (QED) is 0.876. The van der Waals surface area contributed by atoms with Gasteiger partial charge in [-0.05, 0) is 30.2 Å². The Balaban J connectivity index is 1.83. The summed E-state index contributed by atoms with van der Waals surface area (Å²) in [5.74, 6) is -1.76. The number of carbonyl (C=O) groups excluding carboxylic acids is 1. The Hall–Kier alpha value is -2.30. The summed E-state index contributed by atoms with van der Waals surface area (Å²) in [7, 11) is 0. The van der Waals surface area contributed by atoms with Crippen LogP contribution in [0.1, 0.15) is 12.0 Å². The molecule has 1 aromatic heterocycles. The van der Waals surface area contributed by atoms with Gasteiger partial charge < -0.3 is 14.8 Å². The van der Waals surface area contributed by atoms with E-state index >= 15 is 0 Å². The van der Waals surface area contributed by atoms with E-state index in [0.717, 1.165) is 16.5 Å². The van der Waals surface area contributed by atoms with Crippen LogP contribution in [0.15, 0.2) is 34.9 Å². The van der Waals surface area contributed by atoms with Crippen LogP contribution in [-0.4, -0.2) is 23.0 Å². The lowest BCUT2D eigenvalue weighted by molar-refractivity contribution is -0.142. The van der Waals surface area contributed by atoms with E-state index in [1.54, 1.807) is 6.26 Å². The van der Waals surface area contributed by atoms with Crippen molar-refractivity contribution < 1.29 is 19.1 Å². The van der Waals surface area contributed by atoms with Crippen LogP contribution in [0.5, 0.6) is 0 Å². The number of benzene rings is 1. The highest BCUT2D eigenvalue weighted by Crippen LogP contribution is 2.23. The zero-order valence-corrected chi connectivity index (χ0v) is 10.1. The topological polar surface area (TPSA) is 79.5 Å². The average molecular weight is 259 g/mol. The third kappa shape index (κ3) is 2.19. The lowest BCUT2D eigenvalue weighted by Gasteiger charge is -2.15. The van der Waals surface area contributed by atoms with Crippen molar-refractivity contribution in [3.63, 3.8) is 0 Å². The predicted octanol–water partition coefficient (Wildman–Crippen LogP) is 1.56. The van der Waals surface area contributed by atoms with Gasteiger partial charge in [0.15, 0.2) is 0 Å². The van der Waals surface area contributed by atoms with Gasteiger partial charge in [-0.25, -0.2) is 0 Å². The molecule has 98 valence electrons. The second-order valence-electron chi connectivity index (χ2n) is 4.82. The minimum atomic E-state index is -0.923. The van der Waals surface area contributed by atoms with Gasteiger partial charge in [0.25, 0.3) is 0 Å². The Morgan fingerprint density at radius 3 is 3.05 bits per heavy atom. The Morgan fingerprint density at radius 1 is 1.42 bits per heavy atom. The highest BCUT2D eigenvalue weighted by atomic mass is 16.4. The van der Waals surface area contributed by atoms with Crippen LogP contribution in [-0.2, 0) is 16.0 Å². The van der Waals surface area contributed by atoms with Crippen LogP contribution < -0.4 is 5.32 Å². The molecule has 1 fully saturated rings. The van der Waals surface area contributed by atoms with Crippen LogP contribution in [0.3, 0.4) is 0 Å². The monoisotopic (exact) mass is 259 g/mol. The van der Waals surface area contributed by atoms with E-state index < -0.39 is 11.9 Å². The largest absolute Gasteiger partial charge is 0.481 e. The highest BCUT2D eigenvalue weighted by molar-refractivity contribution is 5.87. The van der Waals surface area contributed by atoms with Gasteiger partial charge in [-0.3, -0.25) is 9.59 Å². The standard InChI is InChI=1S/C14H13NO4/c16-13-7-10(14(17)18)11(15-13)6-8-1-2-12-9(5-8)3-4-19-12/h1-5,10-11H,6-7H2,(H,15,16)(H,17,18). The van der Waals surface area contributed by atoms with Crippen molar-refractivity contribution in [2.75, 3.05) is 0 Å². The fourth-order valence-electron chi connectivity index (χ4n) is 2.56. The molecule has 0 spiro atoms. The number of carboxylic acids is 1. The molecule has 5 nitrogen and oxygen atoms in total. The minimum Gasteiger partial charge on any atom is -0.481 e. The van der Waals surface area contributed by atoms with Crippen molar-refractivity contribution in [3.05, 3.63) is 36.1 Å². The number of furan rings is 1. The van der Waals surface area contributed by atoms with Gasteiger partial charge in [0, 0.05) is 17.8 Å². The van der Waals surface area contributed by atoms with Gasteiger partial charge in [-0.2, -0.15) is 0 Å². The third-order valence-corrected chi connectivity index (χ3v) is 3.53. The maximum absolute atomic E-state index is 11.3. The number of nitrogens with one attached hydrogen (secondary N) is 1. The van der Waals surface area contributed by atoms with E-state index in [9.17, 15) is 9.59 Å². The van der Waals surface area contributed by atoms with Crippen molar-refractivity contribution in [1.29, 1.82) is 0 Å². The molecule has 1 amide bonds. The Kier molecular flexibility index (Phi) is 2.74. The fourth-order valence-corrected chi connectivity index (χ4v) is 2.56. The molecule has 1 aliphatic heterocycles. The van der Waals surface area contributed by atoms with Gasteiger partial charge in [-0.15, -0.1) is 0 Å². The van der Waals surface area contributed by atoms with Gasteiger partial charge >= 0.3 is 5.97 Å². The number of fused-ring (bicyclic) bond motifs is 1. The molecule has 2 unspecified atom stereocenters. The summed E-state index contributed by atoms with van der Waals surface area (Å²) >= 11 is 0. The Bertz CT molecular complexity index is 646. The molecule has 2 aromatic rings. The molecular formula is C14H13NO4. The van der Waals surface area contributed by atoms with Gasteiger partial charge in [0.05, 0.1) is 12.2 Å². The summed E-state index contributed by atoms with van der Waals surface area (Å²) in [5.41, 5.74) is 1.79. The van der Waals surface area contributed by atoms with Gasteiger partial charge in [0.1, 0.15) is 5.58 Å². The number of carbonyl (C=O) groups is 2. The summed E-state index contributed by atoms with van der Waals surface area (Å²) in [6, 6.07) is 7.24. The molecule has 1 aromatic carbocycles. The van der Waals surface area contributed by atoms with Crippen molar-refractivity contribution >= 4 is 22.8 Å². The van der Waals surface area contributed by atoms with Crippen LogP contribution in [0, 0.1) is 5.92 Å². The summed E-state index contributed by atoms with van der Waals surface area (Å²) in [5, 5.41) is 12.8. The summed E-state index contributed by atoms with van der Waals surface area (Å²) in [6.07, 6.45) is 2.20. The van der Waals surface area contributed by atoms with E-state index in [-0.39, 0.29) is 18.4 Å². The molecule has 2 N–H and O–H groups in total. The molecule has 2 heterocycles. The third-order valence-electron chi connectivity index (χ3n) is 3.53. The zero-order valence-electron chi connectivity index (χ0n) is 10.1. The molecule has 2 atom stereocenters. The molecule has 5 heteroatoms. The smallest absolute Gasteiger partial charge is 0.309 e. The highest BCUT2D eigenvalue weighted by Gasteiger charge is 2.37. The lowest BCUT2D eigenvalue weighted by Crippen LogP contribution is -2.34. The minimum absolute atomic E-state index is 0.0634. The molecule has 0 radical (unpaired) electrons. The van der Waals surface area contributed by atoms with Crippen molar-refractivity contribution in [1.82, 2.24) is 5.32 Å². The van der Waals surface area contributed by atoms with Crippen LogP contribution in [0.25, 0.3) is 11.0 Å². The average Bonchev–Trinajstić information content (AvgIpc) is 2.95. The fraction of sp³-hybridized carbons (Fsp3) is 0.286. The number of amides is 1. The van der Waals surface area contributed by atoms with Crippen LogP contribution in [0.2, 0.25) is 0 Å². The number of rotatable bonds is 3. The molecular weight excluding hydrogens is 246 g/mol. The molecule has 3 rings (SSSR count). The van der Waals surface area contributed by atoms with E-state index in [2.05, 4.69) is 5.32 Å². The maximum Gasteiger partial charge on any atom is 0.309 e. The molecule has 0 aliphatic carbocycles. The molecule has 0 bridgehead atoms. The van der Waals surface area contributed by atoms with Gasteiger partial charge in [-0.1, -0.05) is 6.07 Å². The summed E-state index contributed by atoms with van der Waals surface area (Å²) < 4.78 is 5.26. The number of hydrogen-bond acceptors (Lipinski definition) is 3. The van der Waals surface area contributed by atoms with E-state index in [0.29, 0.717) is 6.42 Å². The van der Waals surface area contributed by atoms with Crippen molar-refractivity contribution in [3.8, 4) is 0 Å². The number of hydrogen-bond donors (Lipinski definition) is 2. The second kappa shape index (κ2) is 4.42. The molecule has 1 aliphatic rings. The first-order chi connectivity index (χ1) is 9.13. The Labute approximate surface area is 109 Å². The normalized spacial score (nSPS) is 22.6. The summed E-state index contributed by atoms with van der Waals surface area (Å²) in [4.78, 5) is 22.5. The van der Waals surface area contributed by atoms with E-state index in [1.807, 2.05) is 24.3 Å². The Morgan fingerprint density at radius 2 is 2.26 bits per heavy atom. The zero-order chi connectivity index (χ0) is 13.4. The molecule has 1 saturated heterocycles. The maximum atomic E-state index is 11.3.